The molecule has 1 saturated heterocycles. The fourth-order valence-corrected chi connectivity index (χ4v) is 3.78. The molecule has 0 unspecified atom stereocenters. The summed E-state index contributed by atoms with van der Waals surface area (Å²) in [5, 5.41) is 2.97. The smallest absolute Gasteiger partial charge is 0.255 e. The van der Waals surface area contributed by atoms with Gasteiger partial charge in [-0.1, -0.05) is 12.1 Å². The predicted molar refractivity (Wildman–Crippen MR) is 96.1 cm³/mol. The molecule has 2 amide bonds. The third-order valence-corrected chi connectivity index (χ3v) is 5.25. The number of amides is 2. The number of hydrogen-bond acceptors (Lipinski definition) is 4. The molecule has 124 valence electrons. The Morgan fingerprint density at radius 2 is 1.96 bits per heavy atom. The lowest BCUT2D eigenvalue weighted by Crippen LogP contribution is -2.44. The minimum absolute atomic E-state index is 0.136. The molecule has 0 spiro atoms. The first-order valence-corrected chi connectivity index (χ1v) is 8.89. The molecule has 2 aromatic rings. The summed E-state index contributed by atoms with van der Waals surface area (Å²) in [6, 6.07) is 8.69. The van der Waals surface area contributed by atoms with E-state index in [9.17, 15) is 9.59 Å². The molecule has 5 nitrogen and oxygen atoms in total. The number of carbonyl (C=O) groups excluding carboxylic acids is 2. The summed E-state index contributed by atoms with van der Waals surface area (Å²) < 4.78 is 0. The van der Waals surface area contributed by atoms with E-state index in [1.807, 2.05) is 32.0 Å². The van der Waals surface area contributed by atoms with Crippen LogP contribution in [0, 0.1) is 13.8 Å². The largest absolute Gasteiger partial charge is 0.324 e. The number of pyridine rings is 1. The van der Waals surface area contributed by atoms with Crippen LogP contribution in [0.2, 0.25) is 0 Å². The van der Waals surface area contributed by atoms with E-state index in [1.54, 1.807) is 41.2 Å². The van der Waals surface area contributed by atoms with E-state index in [4.69, 9.17) is 0 Å². The fraction of sp³-hybridized carbons (Fsp3) is 0.278. The molecule has 24 heavy (non-hydrogen) atoms. The zero-order valence-corrected chi connectivity index (χ0v) is 14.5. The van der Waals surface area contributed by atoms with E-state index < -0.39 is 6.04 Å². The van der Waals surface area contributed by atoms with Gasteiger partial charge >= 0.3 is 0 Å². The molecule has 2 heterocycles. The van der Waals surface area contributed by atoms with Crippen molar-refractivity contribution in [3.05, 3.63) is 59.4 Å². The number of thioether (sulfide) groups is 1. The Bertz CT molecular complexity index is 764. The molecule has 1 aliphatic rings. The molecule has 6 heteroatoms. The van der Waals surface area contributed by atoms with Crippen LogP contribution in [-0.4, -0.2) is 39.4 Å². The highest BCUT2D eigenvalue weighted by Crippen LogP contribution is 2.25. The molecule has 0 bridgehead atoms. The van der Waals surface area contributed by atoms with Crippen LogP contribution >= 0.6 is 11.8 Å². The van der Waals surface area contributed by atoms with Gasteiger partial charge in [-0.25, -0.2) is 0 Å². The van der Waals surface area contributed by atoms with Crippen LogP contribution in [0.15, 0.2) is 42.7 Å². The summed E-state index contributed by atoms with van der Waals surface area (Å²) >= 11 is 1.59. The van der Waals surface area contributed by atoms with Gasteiger partial charge in [0.15, 0.2) is 0 Å². The Kier molecular flexibility index (Phi) is 4.85. The van der Waals surface area contributed by atoms with E-state index >= 15 is 0 Å². The molecule has 1 aliphatic heterocycles. The maximum absolute atomic E-state index is 12.7. The van der Waals surface area contributed by atoms with Gasteiger partial charge in [0.05, 0.1) is 5.88 Å². The second-order valence-corrected chi connectivity index (χ2v) is 6.76. The highest BCUT2D eigenvalue weighted by atomic mass is 32.2. The van der Waals surface area contributed by atoms with Crippen LogP contribution < -0.4 is 5.32 Å². The normalized spacial score (nSPS) is 16.9. The van der Waals surface area contributed by atoms with Crippen molar-refractivity contribution in [1.29, 1.82) is 0 Å². The third-order valence-electron chi connectivity index (χ3n) is 4.24. The highest BCUT2D eigenvalue weighted by Gasteiger charge is 2.35. The molecular formula is C18H19N3O2S. The monoisotopic (exact) mass is 341 g/mol. The van der Waals surface area contributed by atoms with Gasteiger partial charge in [-0.15, -0.1) is 11.8 Å². The van der Waals surface area contributed by atoms with Crippen molar-refractivity contribution in [3.63, 3.8) is 0 Å². The minimum Gasteiger partial charge on any atom is -0.324 e. The first-order chi connectivity index (χ1) is 11.6. The molecule has 1 aromatic heterocycles. The van der Waals surface area contributed by atoms with E-state index in [-0.39, 0.29) is 11.8 Å². The molecular weight excluding hydrogens is 322 g/mol. The molecule has 0 saturated carbocycles. The Morgan fingerprint density at radius 3 is 2.71 bits per heavy atom. The van der Waals surface area contributed by atoms with Crippen LogP contribution in [-0.2, 0) is 4.79 Å². The first-order valence-electron chi connectivity index (χ1n) is 7.73. The quantitative estimate of drug-likeness (QED) is 0.932. The number of nitrogens with zero attached hydrogens (tertiary/aromatic N) is 2. The van der Waals surface area contributed by atoms with Gasteiger partial charge in [0.1, 0.15) is 6.04 Å². The second-order valence-electron chi connectivity index (χ2n) is 5.76. The van der Waals surface area contributed by atoms with E-state index in [0.717, 1.165) is 16.8 Å². The van der Waals surface area contributed by atoms with Crippen LogP contribution in [0.1, 0.15) is 21.5 Å². The predicted octanol–water partition coefficient (Wildman–Crippen LogP) is 2.85. The van der Waals surface area contributed by atoms with Crippen LogP contribution in [0.3, 0.4) is 0 Å². The maximum atomic E-state index is 12.7. The summed E-state index contributed by atoms with van der Waals surface area (Å²) in [5.74, 6) is 0.846. The molecule has 0 aliphatic carbocycles. The number of anilines is 1. The number of benzene rings is 1. The summed E-state index contributed by atoms with van der Waals surface area (Å²) in [6.45, 7) is 3.99. The van der Waals surface area contributed by atoms with Crippen LogP contribution in [0.25, 0.3) is 0 Å². The van der Waals surface area contributed by atoms with Gasteiger partial charge in [-0.3, -0.25) is 14.6 Å². The molecule has 3 rings (SSSR count). The van der Waals surface area contributed by atoms with Gasteiger partial charge < -0.3 is 10.2 Å². The molecule has 1 fully saturated rings. The van der Waals surface area contributed by atoms with Crippen molar-refractivity contribution >= 4 is 29.3 Å². The maximum Gasteiger partial charge on any atom is 0.255 e. The Labute approximate surface area is 145 Å². The van der Waals surface area contributed by atoms with Crippen molar-refractivity contribution in [2.75, 3.05) is 16.9 Å². The number of aromatic nitrogens is 1. The van der Waals surface area contributed by atoms with Crippen molar-refractivity contribution in [2.24, 2.45) is 0 Å². The molecule has 1 aromatic carbocycles. The summed E-state index contributed by atoms with van der Waals surface area (Å²) in [5.41, 5.74) is 3.52. The lowest BCUT2D eigenvalue weighted by atomic mass is 10.1. The van der Waals surface area contributed by atoms with Crippen molar-refractivity contribution < 1.29 is 9.59 Å². The molecule has 1 atom stereocenters. The average Bonchev–Trinajstić information content (AvgIpc) is 3.09. The van der Waals surface area contributed by atoms with Crippen molar-refractivity contribution in [3.8, 4) is 0 Å². The molecule has 1 N–H and O–H groups in total. The first kappa shape index (κ1) is 16.5. The Balaban J connectivity index is 1.76. The summed E-state index contributed by atoms with van der Waals surface area (Å²) in [6.07, 6.45) is 3.17. The van der Waals surface area contributed by atoms with Crippen molar-refractivity contribution in [1.82, 2.24) is 9.88 Å². The van der Waals surface area contributed by atoms with Crippen LogP contribution in [0.4, 0.5) is 5.69 Å². The number of hydrogen-bond donors (Lipinski definition) is 1. The van der Waals surface area contributed by atoms with E-state index in [1.165, 1.54) is 0 Å². The number of aryl methyl sites for hydroxylation is 1. The van der Waals surface area contributed by atoms with E-state index in [0.29, 0.717) is 17.2 Å². The Hall–Kier alpha value is -2.34. The van der Waals surface area contributed by atoms with E-state index in [2.05, 4.69) is 10.3 Å². The standard InChI is InChI=1S/C18H19N3O2S/c1-12-4-3-5-15(13(12)2)20-17(22)16-10-24-11-21(16)18(23)14-6-8-19-9-7-14/h3-9,16H,10-11H2,1-2H3,(H,20,22)/t16-/m1/s1. The topological polar surface area (TPSA) is 62.3 Å². The average molecular weight is 341 g/mol. The van der Waals surface area contributed by atoms with Crippen LogP contribution in [0.5, 0.6) is 0 Å². The fourth-order valence-electron chi connectivity index (χ4n) is 2.62. The molecule has 0 radical (unpaired) electrons. The lowest BCUT2D eigenvalue weighted by molar-refractivity contribution is -0.119. The lowest BCUT2D eigenvalue weighted by Gasteiger charge is -2.23. The summed E-state index contributed by atoms with van der Waals surface area (Å²) in [4.78, 5) is 30.9. The number of rotatable bonds is 3. The second kappa shape index (κ2) is 7.05. The van der Waals surface area contributed by atoms with Gasteiger partial charge in [0.2, 0.25) is 5.91 Å². The number of nitrogens with one attached hydrogen (secondary N) is 1. The SMILES string of the molecule is Cc1cccc(NC(=O)[C@H]2CSCN2C(=O)c2ccncc2)c1C. The highest BCUT2D eigenvalue weighted by molar-refractivity contribution is 7.99. The number of carbonyl (C=O) groups is 2. The minimum atomic E-state index is -0.462. The Morgan fingerprint density at radius 1 is 1.21 bits per heavy atom. The zero-order valence-electron chi connectivity index (χ0n) is 13.7. The van der Waals surface area contributed by atoms with Gasteiger partial charge in [0.25, 0.3) is 5.91 Å². The summed E-state index contributed by atoms with van der Waals surface area (Å²) in [7, 11) is 0. The van der Waals surface area contributed by atoms with Gasteiger partial charge in [-0.05, 0) is 43.2 Å². The zero-order chi connectivity index (χ0) is 17.1. The van der Waals surface area contributed by atoms with Gasteiger partial charge in [0, 0.05) is 29.4 Å². The third kappa shape index (κ3) is 3.28. The van der Waals surface area contributed by atoms with Crippen molar-refractivity contribution in [2.45, 2.75) is 19.9 Å². The van der Waals surface area contributed by atoms with Gasteiger partial charge in [-0.2, -0.15) is 0 Å².